The van der Waals surface area contributed by atoms with E-state index in [0.29, 0.717) is 55.6 Å². The van der Waals surface area contributed by atoms with E-state index in [-0.39, 0.29) is 17.3 Å². The number of carbonyl (C=O) groups is 1. The Morgan fingerprint density at radius 2 is 2.00 bits per heavy atom. The maximum Gasteiger partial charge on any atom is 0.418 e. The van der Waals surface area contributed by atoms with E-state index in [9.17, 15) is 18.0 Å². The van der Waals surface area contributed by atoms with Crippen molar-refractivity contribution in [2.45, 2.75) is 12.6 Å². The highest BCUT2D eigenvalue weighted by Gasteiger charge is 2.36. The van der Waals surface area contributed by atoms with Crippen LogP contribution in [0.1, 0.15) is 12.0 Å². The number of rotatable bonds is 2. The first-order valence-electron chi connectivity index (χ1n) is 8.52. The molecule has 0 radical (unpaired) electrons. The van der Waals surface area contributed by atoms with Gasteiger partial charge in [-0.3, -0.25) is 4.79 Å². The van der Waals surface area contributed by atoms with E-state index in [0.717, 1.165) is 6.07 Å². The molecule has 0 aliphatic carbocycles. The molecule has 1 aromatic carbocycles. The van der Waals surface area contributed by atoms with Crippen LogP contribution in [0.25, 0.3) is 10.2 Å². The molecule has 1 aromatic heterocycles. The van der Waals surface area contributed by atoms with Crippen LogP contribution in [-0.4, -0.2) is 55.2 Å². The molecular weight excluding hydrogens is 367 g/mol. The number of nitrogens with zero attached hydrogens (tertiary/aromatic N) is 3. The van der Waals surface area contributed by atoms with Gasteiger partial charge in [0.15, 0.2) is 5.13 Å². The molecule has 26 heavy (non-hydrogen) atoms. The lowest BCUT2D eigenvalue weighted by Gasteiger charge is -2.29. The molecule has 4 rings (SSSR count). The fraction of sp³-hybridized carbons (Fsp3) is 0.529. The Hall–Kier alpha value is -1.87. The van der Waals surface area contributed by atoms with E-state index < -0.39 is 11.7 Å². The normalized spacial score (nSPS) is 21.6. The average molecular weight is 385 g/mol. The minimum Gasteiger partial charge on any atom is -0.378 e. The average Bonchev–Trinajstić information content (AvgIpc) is 3.27. The number of halogens is 3. The summed E-state index contributed by atoms with van der Waals surface area (Å²) in [4.78, 5) is 20.6. The monoisotopic (exact) mass is 385 g/mol. The number of hydrogen-bond acceptors (Lipinski definition) is 5. The Morgan fingerprint density at radius 3 is 2.73 bits per heavy atom. The van der Waals surface area contributed by atoms with E-state index in [1.54, 1.807) is 6.07 Å². The standard InChI is InChI=1S/C17H18F3N3O2S/c18-17(19,20)12-2-1-3-13-14(12)21-16(26-13)23-5-4-11(10-23)15(24)22-6-8-25-9-7-22/h1-3,11H,4-10H2. The van der Waals surface area contributed by atoms with Crippen LogP contribution in [0, 0.1) is 5.92 Å². The summed E-state index contributed by atoms with van der Waals surface area (Å²) >= 11 is 1.24. The van der Waals surface area contributed by atoms with Gasteiger partial charge >= 0.3 is 6.18 Å². The zero-order valence-electron chi connectivity index (χ0n) is 14.0. The summed E-state index contributed by atoms with van der Waals surface area (Å²) < 4.78 is 45.3. The lowest BCUT2D eigenvalue weighted by molar-refractivity contribution is -0.139. The van der Waals surface area contributed by atoms with Crippen LogP contribution in [0.15, 0.2) is 18.2 Å². The summed E-state index contributed by atoms with van der Waals surface area (Å²) in [6.45, 7) is 3.44. The molecule has 2 aliphatic heterocycles. The van der Waals surface area contributed by atoms with Crippen molar-refractivity contribution in [3.8, 4) is 0 Å². The van der Waals surface area contributed by atoms with Crippen molar-refractivity contribution in [2.75, 3.05) is 44.3 Å². The Balaban J connectivity index is 1.53. The van der Waals surface area contributed by atoms with Crippen molar-refractivity contribution in [3.05, 3.63) is 23.8 Å². The lowest BCUT2D eigenvalue weighted by atomic mass is 10.1. The largest absolute Gasteiger partial charge is 0.418 e. The predicted molar refractivity (Wildman–Crippen MR) is 92.3 cm³/mol. The van der Waals surface area contributed by atoms with E-state index in [1.165, 1.54) is 17.4 Å². The van der Waals surface area contributed by atoms with Crippen LogP contribution in [0.4, 0.5) is 18.3 Å². The third-order valence-corrected chi connectivity index (χ3v) is 5.93. The van der Waals surface area contributed by atoms with Crippen molar-refractivity contribution in [1.82, 2.24) is 9.88 Å². The van der Waals surface area contributed by atoms with Crippen LogP contribution >= 0.6 is 11.3 Å². The van der Waals surface area contributed by atoms with E-state index in [2.05, 4.69) is 4.98 Å². The summed E-state index contributed by atoms with van der Waals surface area (Å²) in [5, 5.41) is 0.550. The van der Waals surface area contributed by atoms with Crippen molar-refractivity contribution in [3.63, 3.8) is 0 Å². The molecule has 1 atom stereocenters. The summed E-state index contributed by atoms with van der Waals surface area (Å²) in [5.74, 6) is -0.0323. The number of morpholine rings is 1. The number of alkyl halides is 3. The molecular formula is C17H18F3N3O2S. The zero-order chi connectivity index (χ0) is 18.3. The quantitative estimate of drug-likeness (QED) is 0.797. The molecule has 0 spiro atoms. The first-order valence-corrected chi connectivity index (χ1v) is 9.33. The molecule has 1 amide bonds. The third kappa shape index (κ3) is 3.25. The summed E-state index contributed by atoms with van der Waals surface area (Å²) in [6.07, 6.45) is -3.73. The number of ether oxygens (including phenoxy) is 1. The number of benzene rings is 1. The minimum absolute atomic E-state index is 0.0112. The van der Waals surface area contributed by atoms with Gasteiger partial charge in [0.1, 0.15) is 0 Å². The van der Waals surface area contributed by atoms with E-state index >= 15 is 0 Å². The molecule has 1 unspecified atom stereocenters. The van der Waals surface area contributed by atoms with E-state index in [1.807, 2.05) is 9.80 Å². The summed E-state index contributed by atoms with van der Waals surface area (Å²) in [6, 6.07) is 4.11. The Kier molecular flexibility index (Phi) is 4.52. The van der Waals surface area contributed by atoms with Crippen LogP contribution in [0.2, 0.25) is 0 Å². The second-order valence-corrected chi connectivity index (χ2v) is 7.52. The smallest absolute Gasteiger partial charge is 0.378 e. The minimum atomic E-state index is -4.43. The summed E-state index contributed by atoms with van der Waals surface area (Å²) in [5.41, 5.74) is -0.722. The van der Waals surface area contributed by atoms with Crippen LogP contribution in [-0.2, 0) is 15.7 Å². The molecule has 2 saturated heterocycles. The van der Waals surface area contributed by atoms with Gasteiger partial charge in [-0.15, -0.1) is 0 Å². The molecule has 5 nitrogen and oxygen atoms in total. The number of para-hydroxylation sites is 1. The molecule has 9 heteroatoms. The first kappa shape index (κ1) is 17.5. The maximum absolute atomic E-state index is 13.2. The fourth-order valence-corrected chi connectivity index (χ4v) is 4.51. The number of amides is 1. The Morgan fingerprint density at radius 1 is 1.23 bits per heavy atom. The molecule has 2 aromatic rings. The van der Waals surface area contributed by atoms with Crippen LogP contribution in [0.3, 0.4) is 0 Å². The van der Waals surface area contributed by atoms with Gasteiger partial charge in [-0.25, -0.2) is 4.98 Å². The first-order chi connectivity index (χ1) is 12.4. The molecule has 0 bridgehead atoms. The van der Waals surface area contributed by atoms with Crippen LogP contribution < -0.4 is 4.90 Å². The van der Waals surface area contributed by atoms with Gasteiger partial charge in [0, 0.05) is 26.2 Å². The van der Waals surface area contributed by atoms with Crippen molar-refractivity contribution in [2.24, 2.45) is 5.92 Å². The fourth-order valence-electron chi connectivity index (χ4n) is 3.48. The molecule has 140 valence electrons. The second kappa shape index (κ2) is 6.70. The predicted octanol–water partition coefficient (Wildman–Crippen LogP) is 3.00. The maximum atomic E-state index is 13.2. The van der Waals surface area contributed by atoms with Crippen LogP contribution in [0.5, 0.6) is 0 Å². The van der Waals surface area contributed by atoms with Gasteiger partial charge in [-0.1, -0.05) is 17.4 Å². The van der Waals surface area contributed by atoms with Gasteiger partial charge in [0.25, 0.3) is 0 Å². The van der Waals surface area contributed by atoms with Gasteiger partial charge in [-0.2, -0.15) is 13.2 Å². The van der Waals surface area contributed by atoms with Crippen molar-refractivity contribution < 1.29 is 22.7 Å². The van der Waals surface area contributed by atoms with Gasteiger partial charge in [0.2, 0.25) is 5.91 Å². The number of carbonyl (C=O) groups excluding carboxylic acids is 1. The zero-order valence-corrected chi connectivity index (χ0v) is 14.8. The Labute approximate surface area is 152 Å². The molecule has 2 aliphatic rings. The van der Waals surface area contributed by atoms with Crippen molar-refractivity contribution >= 4 is 32.6 Å². The summed E-state index contributed by atoms with van der Waals surface area (Å²) in [7, 11) is 0. The highest BCUT2D eigenvalue weighted by atomic mass is 32.1. The van der Waals surface area contributed by atoms with Gasteiger partial charge < -0.3 is 14.5 Å². The second-order valence-electron chi connectivity index (χ2n) is 6.52. The van der Waals surface area contributed by atoms with Gasteiger partial charge in [-0.05, 0) is 18.6 Å². The third-order valence-electron chi connectivity index (χ3n) is 4.84. The number of anilines is 1. The lowest BCUT2D eigenvalue weighted by Crippen LogP contribution is -2.44. The molecule has 0 saturated carbocycles. The van der Waals surface area contributed by atoms with Gasteiger partial charge in [0.05, 0.1) is 34.9 Å². The Bertz CT molecular complexity index is 817. The number of hydrogen-bond donors (Lipinski definition) is 0. The molecule has 3 heterocycles. The molecule has 2 fully saturated rings. The SMILES string of the molecule is O=C(C1CCN(c2nc3c(C(F)(F)F)cccc3s2)C1)N1CCOCC1. The van der Waals surface area contributed by atoms with E-state index in [4.69, 9.17) is 4.74 Å². The number of thiazole rings is 1. The number of fused-ring (bicyclic) bond motifs is 1. The van der Waals surface area contributed by atoms with Crippen molar-refractivity contribution in [1.29, 1.82) is 0 Å². The number of aromatic nitrogens is 1. The highest BCUT2D eigenvalue weighted by molar-refractivity contribution is 7.22. The molecule has 0 N–H and O–H groups in total. The highest BCUT2D eigenvalue weighted by Crippen LogP contribution is 2.39. The topological polar surface area (TPSA) is 45.7 Å².